The first kappa shape index (κ1) is 16.3. The molecule has 0 aliphatic heterocycles. The number of rotatable bonds is 4. The van der Waals surface area contributed by atoms with Gasteiger partial charge >= 0.3 is 5.97 Å². The first-order valence-electron chi connectivity index (χ1n) is 5.97. The van der Waals surface area contributed by atoms with Gasteiger partial charge in [0.2, 0.25) is 0 Å². The van der Waals surface area contributed by atoms with Gasteiger partial charge in [-0.15, -0.1) is 0 Å². The normalized spacial score (nSPS) is 10.3. The molecule has 8 heteroatoms. The molecule has 2 aromatic carbocycles. The lowest BCUT2D eigenvalue weighted by Crippen LogP contribution is -2.06. The van der Waals surface area contributed by atoms with Crippen molar-refractivity contribution in [3.63, 3.8) is 0 Å². The molecular formula is C14H9BrClNO5. The lowest BCUT2D eigenvalue weighted by Gasteiger charge is -2.08. The number of carbonyl (C=O) groups excluding carboxylic acids is 1. The number of hydrogen-bond acceptors (Lipinski definition) is 5. The van der Waals surface area contributed by atoms with E-state index in [2.05, 4.69) is 15.9 Å². The molecule has 2 rings (SSSR count). The number of benzene rings is 2. The van der Waals surface area contributed by atoms with Crippen LogP contribution in [0.5, 0.6) is 5.75 Å². The molecule has 2 aromatic rings. The number of nitrogens with zero attached hydrogens (tertiary/aromatic N) is 1. The molecule has 0 saturated carbocycles. The van der Waals surface area contributed by atoms with Crippen LogP contribution in [0.4, 0.5) is 5.69 Å². The third-order valence-corrected chi connectivity index (χ3v) is 3.63. The topological polar surface area (TPSA) is 89.7 Å². The largest absolute Gasteiger partial charge is 0.507 e. The Kier molecular flexibility index (Phi) is 4.99. The van der Waals surface area contributed by atoms with Crippen molar-refractivity contribution in [3.8, 4) is 5.75 Å². The Bertz CT molecular complexity index is 750. The molecule has 0 aliphatic carbocycles. The third kappa shape index (κ3) is 3.75. The SMILES string of the molecule is O=C(OCc1ccc([N+](=O)[O-])cc1Cl)c1cc(Br)ccc1O. The molecule has 22 heavy (non-hydrogen) atoms. The van der Waals surface area contributed by atoms with Crippen LogP contribution >= 0.6 is 27.5 Å². The zero-order valence-electron chi connectivity index (χ0n) is 11.0. The Morgan fingerprint density at radius 3 is 2.68 bits per heavy atom. The average molecular weight is 387 g/mol. The minimum atomic E-state index is -0.729. The smallest absolute Gasteiger partial charge is 0.342 e. The molecule has 0 saturated heterocycles. The number of nitro benzene ring substituents is 1. The Morgan fingerprint density at radius 2 is 2.05 bits per heavy atom. The van der Waals surface area contributed by atoms with E-state index in [1.165, 1.54) is 30.3 Å². The monoisotopic (exact) mass is 385 g/mol. The molecule has 0 bridgehead atoms. The Labute approximate surface area is 138 Å². The highest BCUT2D eigenvalue weighted by atomic mass is 79.9. The van der Waals surface area contributed by atoms with Crippen LogP contribution in [0.25, 0.3) is 0 Å². The van der Waals surface area contributed by atoms with Crippen molar-refractivity contribution in [1.29, 1.82) is 0 Å². The fraction of sp³-hybridized carbons (Fsp3) is 0.0714. The molecule has 0 aromatic heterocycles. The fourth-order valence-electron chi connectivity index (χ4n) is 1.66. The van der Waals surface area contributed by atoms with E-state index < -0.39 is 10.9 Å². The quantitative estimate of drug-likeness (QED) is 0.486. The number of ether oxygens (including phenoxy) is 1. The van der Waals surface area contributed by atoms with Crippen LogP contribution in [0, 0.1) is 10.1 Å². The molecule has 0 radical (unpaired) electrons. The number of phenols is 1. The highest BCUT2D eigenvalue weighted by molar-refractivity contribution is 9.10. The van der Waals surface area contributed by atoms with Crippen molar-refractivity contribution >= 4 is 39.2 Å². The van der Waals surface area contributed by atoms with E-state index in [9.17, 15) is 20.0 Å². The van der Waals surface area contributed by atoms with E-state index in [0.29, 0.717) is 10.0 Å². The van der Waals surface area contributed by atoms with Crippen LogP contribution in [0.15, 0.2) is 40.9 Å². The predicted molar refractivity (Wildman–Crippen MR) is 83.0 cm³/mol. The van der Waals surface area contributed by atoms with Crippen molar-refractivity contribution in [1.82, 2.24) is 0 Å². The zero-order chi connectivity index (χ0) is 16.3. The zero-order valence-corrected chi connectivity index (χ0v) is 13.3. The summed E-state index contributed by atoms with van der Waals surface area (Å²) in [5, 5.41) is 20.4. The molecule has 6 nitrogen and oxygen atoms in total. The molecule has 114 valence electrons. The summed E-state index contributed by atoms with van der Waals surface area (Å²) in [6.07, 6.45) is 0. The van der Waals surface area contributed by atoms with Gasteiger partial charge < -0.3 is 9.84 Å². The van der Waals surface area contributed by atoms with Gasteiger partial charge in [-0.1, -0.05) is 27.5 Å². The summed E-state index contributed by atoms with van der Waals surface area (Å²) < 4.78 is 5.67. The number of carbonyl (C=O) groups is 1. The minimum absolute atomic E-state index is 0.00686. The van der Waals surface area contributed by atoms with Gasteiger partial charge in [0, 0.05) is 22.2 Å². The van der Waals surface area contributed by atoms with E-state index in [0.717, 1.165) is 0 Å². The summed E-state index contributed by atoms with van der Waals surface area (Å²) in [5.41, 5.74) is 0.284. The van der Waals surface area contributed by atoms with E-state index in [4.69, 9.17) is 16.3 Å². The number of phenolic OH excluding ortho intramolecular Hbond substituents is 1. The van der Waals surface area contributed by atoms with E-state index in [1.807, 2.05) is 0 Å². The maximum Gasteiger partial charge on any atom is 0.342 e. The molecule has 0 unspecified atom stereocenters. The van der Waals surface area contributed by atoms with Gasteiger partial charge in [-0.05, 0) is 24.3 Å². The van der Waals surface area contributed by atoms with Crippen molar-refractivity contribution < 1.29 is 19.6 Å². The number of aromatic hydroxyl groups is 1. The van der Waals surface area contributed by atoms with Gasteiger partial charge in [0.25, 0.3) is 5.69 Å². The van der Waals surface area contributed by atoms with Crippen LogP contribution in [0.1, 0.15) is 15.9 Å². The number of halogens is 2. The number of esters is 1. The Balaban J connectivity index is 2.11. The van der Waals surface area contributed by atoms with Crippen LogP contribution in [-0.2, 0) is 11.3 Å². The Hall–Kier alpha value is -2.12. The van der Waals surface area contributed by atoms with Crippen LogP contribution in [-0.4, -0.2) is 16.0 Å². The van der Waals surface area contributed by atoms with Gasteiger partial charge in [0.1, 0.15) is 17.9 Å². The standard InChI is InChI=1S/C14H9BrClNO5/c15-9-2-4-13(18)11(5-9)14(19)22-7-8-1-3-10(17(20)21)6-12(8)16/h1-6,18H,7H2. The molecule has 1 N–H and O–H groups in total. The highest BCUT2D eigenvalue weighted by Gasteiger charge is 2.15. The molecule has 0 amide bonds. The van der Waals surface area contributed by atoms with Crippen molar-refractivity contribution in [2.45, 2.75) is 6.61 Å². The van der Waals surface area contributed by atoms with Crippen LogP contribution in [0.2, 0.25) is 5.02 Å². The van der Waals surface area contributed by atoms with Gasteiger partial charge in [0.05, 0.1) is 9.95 Å². The summed E-state index contributed by atoms with van der Waals surface area (Å²) in [7, 11) is 0. The summed E-state index contributed by atoms with van der Waals surface area (Å²) in [4.78, 5) is 22.0. The predicted octanol–water partition coefficient (Wildman–Crippen LogP) is 4.07. The summed E-state index contributed by atoms with van der Waals surface area (Å²) >= 11 is 9.10. The van der Waals surface area contributed by atoms with Gasteiger partial charge in [-0.25, -0.2) is 4.79 Å². The van der Waals surface area contributed by atoms with Crippen molar-refractivity contribution in [2.24, 2.45) is 0 Å². The summed E-state index contributed by atoms with van der Waals surface area (Å²) in [5.74, 6) is -0.934. The lowest BCUT2D eigenvalue weighted by atomic mass is 10.2. The number of nitro groups is 1. The maximum absolute atomic E-state index is 11.9. The van der Waals surface area contributed by atoms with Gasteiger partial charge in [0.15, 0.2) is 0 Å². The number of hydrogen-bond donors (Lipinski definition) is 1. The second kappa shape index (κ2) is 6.76. The summed E-state index contributed by atoms with van der Waals surface area (Å²) in [6, 6.07) is 8.23. The van der Waals surface area contributed by atoms with Crippen LogP contribution < -0.4 is 0 Å². The van der Waals surface area contributed by atoms with Gasteiger partial charge in [-0.2, -0.15) is 0 Å². The lowest BCUT2D eigenvalue weighted by molar-refractivity contribution is -0.384. The van der Waals surface area contributed by atoms with Crippen LogP contribution in [0.3, 0.4) is 0 Å². The first-order valence-corrected chi connectivity index (χ1v) is 7.14. The maximum atomic E-state index is 11.9. The van der Waals surface area contributed by atoms with Crippen molar-refractivity contribution in [2.75, 3.05) is 0 Å². The number of non-ortho nitro benzene ring substituents is 1. The second-order valence-corrected chi connectivity index (χ2v) is 5.59. The highest BCUT2D eigenvalue weighted by Crippen LogP contribution is 2.25. The van der Waals surface area contributed by atoms with Crippen molar-refractivity contribution in [3.05, 3.63) is 67.1 Å². The third-order valence-electron chi connectivity index (χ3n) is 2.78. The second-order valence-electron chi connectivity index (χ2n) is 4.27. The van der Waals surface area contributed by atoms with E-state index in [-0.39, 0.29) is 28.6 Å². The fourth-order valence-corrected chi connectivity index (χ4v) is 2.25. The molecule has 0 atom stereocenters. The molecule has 0 fully saturated rings. The molecule has 0 aliphatic rings. The molecule has 0 heterocycles. The first-order chi connectivity index (χ1) is 10.4. The van der Waals surface area contributed by atoms with E-state index >= 15 is 0 Å². The molecule has 0 spiro atoms. The average Bonchev–Trinajstić information content (AvgIpc) is 2.48. The summed E-state index contributed by atoms with van der Waals surface area (Å²) in [6.45, 7) is -0.165. The van der Waals surface area contributed by atoms with E-state index in [1.54, 1.807) is 6.07 Å². The molecular weight excluding hydrogens is 378 g/mol. The minimum Gasteiger partial charge on any atom is -0.507 e. The van der Waals surface area contributed by atoms with Gasteiger partial charge in [-0.3, -0.25) is 10.1 Å². The Morgan fingerprint density at radius 1 is 1.32 bits per heavy atom.